The highest BCUT2D eigenvalue weighted by Gasteiger charge is 2.23. The topological polar surface area (TPSA) is 38.1 Å². The summed E-state index contributed by atoms with van der Waals surface area (Å²) in [4.78, 5) is 4.29. The molecule has 1 saturated carbocycles. The predicted molar refractivity (Wildman–Crippen MR) is 59.8 cm³/mol. The van der Waals surface area contributed by atoms with Crippen LogP contribution in [0.2, 0.25) is 0 Å². The van der Waals surface area contributed by atoms with Crippen LogP contribution in [-0.4, -0.2) is 18.1 Å². The summed E-state index contributed by atoms with van der Waals surface area (Å²) in [6, 6.07) is 0. The Bertz CT molecular complexity index is 292. The lowest BCUT2D eigenvalue weighted by Crippen LogP contribution is -2.17. The number of hydrogen-bond donors (Lipinski definition) is 1. The van der Waals surface area contributed by atoms with Gasteiger partial charge in [-0.05, 0) is 31.7 Å². The van der Waals surface area contributed by atoms with Crippen LogP contribution in [-0.2, 0) is 12.8 Å². The molecule has 1 aromatic heterocycles. The molecule has 0 saturated heterocycles. The SMILES string of the molecule is CCCNCCc1ncc(CC2CC2)o1. The van der Waals surface area contributed by atoms with Gasteiger partial charge in [-0.3, -0.25) is 0 Å². The Labute approximate surface area is 91.3 Å². The molecule has 0 aromatic carbocycles. The predicted octanol–water partition coefficient (Wildman–Crippen LogP) is 2.17. The van der Waals surface area contributed by atoms with E-state index in [4.69, 9.17) is 4.42 Å². The van der Waals surface area contributed by atoms with E-state index in [-0.39, 0.29) is 0 Å². The van der Waals surface area contributed by atoms with E-state index in [2.05, 4.69) is 17.2 Å². The Hall–Kier alpha value is -0.830. The molecule has 1 aliphatic rings. The quantitative estimate of drug-likeness (QED) is 0.698. The molecule has 2 rings (SSSR count). The van der Waals surface area contributed by atoms with Crippen molar-refractivity contribution in [1.29, 1.82) is 0 Å². The minimum Gasteiger partial charge on any atom is -0.446 e. The molecule has 0 spiro atoms. The van der Waals surface area contributed by atoms with Crippen molar-refractivity contribution in [1.82, 2.24) is 10.3 Å². The Balaban J connectivity index is 1.69. The summed E-state index contributed by atoms with van der Waals surface area (Å²) in [5.41, 5.74) is 0. The average molecular weight is 208 g/mol. The van der Waals surface area contributed by atoms with Crippen molar-refractivity contribution in [3.8, 4) is 0 Å². The highest BCUT2D eigenvalue weighted by molar-refractivity contribution is 4.98. The van der Waals surface area contributed by atoms with Crippen molar-refractivity contribution in [3.05, 3.63) is 17.8 Å². The van der Waals surface area contributed by atoms with Gasteiger partial charge in [0.15, 0.2) is 5.89 Å². The number of oxazole rings is 1. The Morgan fingerprint density at radius 3 is 3.07 bits per heavy atom. The zero-order valence-electron chi connectivity index (χ0n) is 9.46. The maximum atomic E-state index is 5.66. The van der Waals surface area contributed by atoms with E-state index in [1.165, 1.54) is 19.3 Å². The average Bonchev–Trinajstić information content (AvgIpc) is 2.93. The van der Waals surface area contributed by atoms with Crippen LogP contribution in [0.25, 0.3) is 0 Å². The first kappa shape index (κ1) is 10.7. The fourth-order valence-corrected chi connectivity index (χ4v) is 1.66. The summed E-state index contributed by atoms with van der Waals surface area (Å²) in [6.45, 7) is 4.22. The summed E-state index contributed by atoms with van der Waals surface area (Å²) in [6.07, 6.45) is 7.81. The molecule has 1 fully saturated rings. The summed E-state index contributed by atoms with van der Waals surface area (Å²) in [5, 5.41) is 3.35. The summed E-state index contributed by atoms with van der Waals surface area (Å²) < 4.78 is 5.66. The van der Waals surface area contributed by atoms with Crippen LogP contribution in [0, 0.1) is 5.92 Å². The molecule has 84 valence electrons. The fraction of sp³-hybridized carbons (Fsp3) is 0.750. The minimum absolute atomic E-state index is 0.879. The van der Waals surface area contributed by atoms with Gasteiger partial charge < -0.3 is 9.73 Å². The first-order valence-corrected chi connectivity index (χ1v) is 6.02. The van der Waals surface area contributed by atoms with Crippen LogP contribution < -0.4 is 5.32 Å². The molecular formula is C12H20N2O. The third-order valence-electron chi connectivity index (χ3n) is 2.73. The van der Waals surface area contributed by atoms with E-state index >= 15 is 0 Å². The first-order valence-electron chi connectivity index (χ1n) is 6.02. The molecule has 0 atom stereocenters. The smallest absolute Gasteiger partial charge is 0.195 e. The summed E-state index contributed by atoms with van der Waals surface area (Å²) in [5.74, 6) is 2.83. The Morgan fingerprint density at radius 2 is 2.33 bits per heavy atom. The van der Waals surface area contributed by atoms with Crippen molar-refractivity contribution < 1.29 is 4.42 Å². The molecule has 3 nitrogen and oxygen atoms in total. The monoisotopic (exact) mass is 208 g/mol. The molecule has 1 aliphatic carbocycles. The molecule has 0 aliphatic heterocycles. The maximum Gasteiger partial charge on any atom is 0.195 e. The van der Waals surface area contributed by atoms with E-state index in [0.29, 0.717) is 0 Å². The van der Waals surface area contributed by atoms with Gasteiger partial charge in [-0.15, -0.1) is 0 Å². The van der Waals surface area contributed by atoms with Gasteiger partial charge in [-0.2, -0.15) is 0 Å². The Kier molecular flexibility index (Phi) is 3.78. The lowest BCUT2D eigenvalue weighted by atomic mass is 10.2. The molecular weight excluding hydrogens is 188 g/mol. The van der Waals surface area contributed by atoms with Crippen LogP contribution in [0.4, 0.5) is 0 Å². The van der Waals surface area contributed by atoms with Crippen molar-refractivity contribution in [2.45, 2.75) is 39.0 Å². The third kappa shape index (κ3) is 3.67. The van der Waals surface area contributed by atoms with E-state index in [9.17, 15) is 0 Å². The van der Waals surface area contributed by atoms with Gasteiger partial charge in [-0.25, -0.2) is 4.98 Å². The van der Waals surface area contributed by atoms with E-state index in [1.54, 1.807) is 0 Å². The lowest BCUT2D eigenvalue weighted by molar-refractivity contribution is 0.441. The number of nitrogens with one attached hydrogen (secondary N) is 1. The standard InChI is InChI=1S/C12H20N2O/c1-2-6-13-7-5-12-14-9-11(15-12)8-10-3-4-10/h9-10,13H,2-8H2,1H3. The van der Waals surface area contributed by atoms with E-state index in [1.807, 2.05) is 6.20 Å². The molecule has 0 bridgehead atoms. The summed E-state index contributed by atoms with van der Waals surface area (Å²) in [7, 11) is 0. The lowest BCUT2D eigenvalue weighted by Gasteiger charge is -1.99. The summed E-state index contributed by atoms with van der Waals surface area (Å²) >= 11 is 0. The van der Waals surface area contributed by atoms with Crippen LogP contribution >= 0.6 is 0 Å². The van der Waals surface area contributed by atoms with Gasteiger partial charge in [-0.1, -0.05) is 6.92 Å². The van der Waals surface area contributed by atoms with Gasteiger partial charge in [0, 0.05) is 19.4 Å². The molecule has 0 unspecified atom stereocenters. The highest BCUT2D eigenvalue weighted by atomic mass is 16.4. The second-order valence-electron chi connectivity index (χ2n) is 4.37. The number of hydrogen-bond acceptors (Lipinski definition) is 3. The third-order valence-corrected chi connectivity index (χ3v) is 2.73. The first-order chi connectivity index (χ1) is 7.38. The molecule has 0 amide bonds. The van der Waals surface area contributed by atoms with Gasteiger partial charge in [0.1, 0.15) is 5.76 Å². The normalized spacial score (nSPS) is 15.8. The molecule has 1 heterocycles. The molecule has 3 heteroatoms. The van der Waals surface area contributed by atoms with Gasteiger partial charge in [0.2, 0.25) is 0 Å². The number of rotatable bonds is 7. The number of aromatic nitrogens is 1. The molecule has 1 N–H and O–H groups in total. The fourth-order valence-electron chi connectivity index (χ4n) is 1.66. The van der Waals surface area contributed by atoms with Crippen molar-refractivity contribution in [2.24, 2.45) is 5.92 Å². The molecule has 1 aromatic rings. The molecule has 0 radical (unpaired) electrons. The second kappa shape index (κ2) is 5.31. The van der Waals surface area contributed by atoms with Crippen LogP contribution in [0.3, 0.4) is 0 Å². The van der Waals surface area contributed by atoms with Gasteiger partial charge in [0.05, 0.1) is 6.20 Å². The second-order valence-corrected chi connectivity index (χ2v) is 4.37. The van der Waals surface area contributed by atoms with E-state index in [0.717, 1.165) is 43.5 Å². The minimum atomic E-state index is 0.879. The highest BCUT2D eigenvalue weighted by Crippen LogP contribution is 2.32. The van der Waals surface area contributed by atoms with Crippen LogP contribution in [0.5, 0.6) is 0 Å². The molecule has 15 heavy (non-hydrogen) atoms. The van der Waals surface area contributed by atoms with Crippen LogP contribution in [0.1, 0.15) is 37.8 Å². The van der Waals surface area contributed by atoms with Crippen molar-refractivity contribution in [3.63, 3.8) is 0 Å². The van der Waals surface area contributed by atoms with Gasteiger partial charge >= 0.3 is 0 Å². The van der Waals surface area contributed by atoms with Crippen molar-refractivity contribution in [2.75, 3.05) is 13.1 Å². The maximum absolute atomic E-state index is 5.66. The largest absolute Gasteiger partial charge is 0.446 e. The zero-order valence-corrected chi connectivity index (χ0v) is 9.46. The van der Waals surface area contributed by atoms with E-state index < -0.39 is 0 Å². The van der Waals surface area contributed by atoms with Crippen LogP contribution in [0.15, 0.2) is 10.6 Å². The van der Waals surface area contributed by atoms with Gasteiger partial charge in [0.25, 0.3) is 0 Å². The number of nitrogens with zero attached hydrogens (tertiary/aromatic N) is 1. The van der Waals surface area contributed by atoms with Crippen molar-refractivity contribution >= 4 is 0 Å². The zero-order chi connectivity index (χ0) is 10.5. The Morgan fingerprint density at radius 1 is 1.47 bits per heavy atom.